The molecule has 56 heavy (non-hydrogen) atoms. The van der Waals surface area contributed by atoms with Crippen LogP contribution < -0.4 is 5.73 Å². The normalized spacial score (nSPS) is 21.2. The van der Waals surface area contributed by atoms with Gasteiger partial charge in [0.2, 0.25) is 0 Å². The van der Waals surface area contributed by atoms with Crippen LogP contribution in [0, 0.1) is 11.8 Å². The minimum Gasteiger partial charge on any atom is -0.462 e. The molecule has 1 fully saturated rings. The zero-order valence-corrected chi connectivity index (χ0v) is 35.1. The van der Waals surface area contributed by atoms with E-state index < -0.39 is 50.8 Å². The zero-order chi connectivity index (χ0) is 41.3. The van der Waals surface area contributed by atoms with Crippen molar-refractivity contribution in [1.82, 2.24) is 0 Å². The molecular weight excluding hydrogens is 737 g/mol. The predicted molar refractivity (Wildman–Crippen MR) is 221 cm³/mol. The summed E-state index contributed by atoms with van der Waals surface area (Å²) >= 11 is 0. The smallest absolute Gasteiger partial charge is 0.462 e. The molecule has 0 heterocycles. The number of hydrogen-bond donors (Lipinski definition) is 5. The number of esters is 2. The number of ether oxygens (including phenoxy) is 2. The van der Waals surface area contributed by atoms with Crippen LogP contribution in [0.15, 0.2) is 60.8 Å². The van der Waals surface area contributed by atoms with Gasteiger partial charge in [-0.05, 0) is 70.1 Å². The Morgan fingerprint density at radius 1 is 0.786 bits per heavy atom. The van der Waals surface area contributed by atoms with E-state index in [0.717, 1.165) is 83.5 Å². The van der Waals surface area contributed by atoms with E-state index in [0.29, 0.717) is 25.7 Å². The Morgan fingerprint density at radius 3 is 2.11 bits per heavy atom. The molecule has 0 saturated heterocycles. The third-order valence-electron chi connectivity index (χ3n) is 9.49. The lowest BCUT2D eigenvalue weighted by molar-refractivity contribution is -0.161. The summed E-state index contributed by atoms with van der Waals surface area (Å²) < 4.78 is 32.7. The van der Waals surface area contributed by atoms with E-state index in [1.807, 2.05) is 6.08 Å². The van der Waals surface area contributed by atoms with E-state index in [9.17, 15) is 34.4 Å². The average molecular weight is 812 g/mol. The summed E-state index contributed by atoms with van der Waals surface area (Å²) in [5.74, 6) is -1.31. The van der Waals surface area contributed by atoms with Crippen LogP contribution in [-0.4, -0.2) is 82.9 Å². The molecular formula is C43H74NO11P. The van der Waals surface area contributed by atoms with Gasteiger partial charge in [0.1, 0.15) is 6.61 Å². The molecule has 1 unspecified atom stereocenters. The minimum absolute atomic E-state index is 0.0125. The SMILES string of the molecule is CC/C=C\C/C=C\C/C=C\C/C=C\CCCCC(=O)O[C@H](COC(=O)CCCCCC[C@@H]1[C@@H](/C=C/[C@@H](O)CCCCC)[C@H](O)C[C@@H]1O)COP(=O)(O)OCCN. The molecule has 13 heteroatoms. The van der Waals surface area contributed by atoms with Crippen molar-refractivity contribution in [3.8, 4) is 0 Å². The molecule has 1 aliphatic carbocycles. The maximum Gasteiger partial charge on any atom is 0.472 e. The highest BCUT2D eigenvalue weighted by molar-refractivity contribution is 7.47. The number of nitrogens with two attached hydrogens (primary N) is 1. The van der Waals surface area contributed by atoms with Crippen LogP contribution in [0.5, 0.6) is 0 Å². The number of rotatable bonds is 34. The Balaban J connectivity index is 2.43. The summed E-state index contributed by atoms with van der Waals surface area (Å²) in [5.41, 5.74) is 5.34. The second-order valence-corrected chi connectivity index (χ2v) is 15.9. The van der Waals surface area contributed by atoms with Crippen LogP contribution in [0.1, 0.15) is 136 Å². The fourth-order valence-electron chi connectivity index (χ4n) is 6.37. The van der Waals surface area contributed by atoms with Crippen LogP contribution >= 0.6 is 7.82 Å². The van der Waals surface area contributed by atoms with Gasteiger partial charge in [-0.1, -0.05) is 113 Å². The first kappa shape index (κ1) is 51.6. The van der Waals surface area contributed by atoms with Gasteiger partial charge in [-0.25, -0.2) is 4.57 Å². The molecule has 0 aromatic rings. The van der Waals surface area contributed by atoms with Crippen LogP contribution in [0.25, 0.3) is 0 Å². The Morgan fingerprint density at radius 2 is 1.43 bits per heavy atom. The number of carbonyl (C=O) groups is 2. The van der Waals surface area contributed by atoms with E-state index in [1.54, 1.807) is 6.08 Å². The second-order valence-electron chi connectivity index (χ2n) is 14.4. The molecule has 7 atom stereocenters. The van der Waals surface area contributed by atoms with Crippen molar-refractivity contribution in [2.24, 2.45) is 17.6 Å². The van der Waals surface area contributed by atoms with Gasteiger partial charge in [0.15, 0.2) is 6.10 Å². The first-order chi connectivity index (χ1) is 27.0. The number of unbranched alkanes of at least 4 members (excludes halogenated alkanes) is 7. The fraction of sp³-hybridized carbons (Fsp3) is 0.721. The number of allylic oxidation sites excluding steroid dienone is 8. The summed E-state index contributed by atoms with van der Waals surface area (Å²) in [6.07, 6.45) is 31.8. The lowest BCUT2D eigenvalue weighted by Gasteiger charge is -2.21. The quantitative estimate of drug-likeness (QED) is 0.0182. The van der Waals surface area contributed by atoms with Crippen molar-refractivity contribution in [1.29, 1.82) is 0 Å². The third-order valence-corrected chi connectivity index (χ3v) is 10.5. The third kappa shape index (κ3) is 27.3. The summed E-state index contributed by atoms with van der Waals surface area (Å²) in [6.45, 7) is 3.20. The molecule has 0 bridgehead atoms. The number of carbonyl (C=O) groups excluding carboxylic acids is 2. The second kappa shape index (κ2) is 33.6. The first-order valence-corrected chi connectivity index (χ1v) is 22.5. The molecule has 1 rings (SSSR count). The molecule has 1 saturated carbocycles. The Hall–Kier alpha value is -2.41. The van der Waals surface area contributed by atoms with E-state index in [-0.39, 0.29) is 44.4 Å². The largest absolute Gasteiger partial charge is 0.472 e. The van der Waals surface area contributed by atoms with Crippen LogP contribution in [0.3, 0.4) is 0 Å². The van der Waals surface area contributed by atoms with Gasteiger partial charge >= 0.3 is 19.8 Å². The van der Waals surface area contributed by atoms with Crippen molar-refractivity contribution in [2.45, 2.75) is 160 Å². The summed E-state index contributed by atoms with van der Waals surface area (Å²) in [4.78, 5) is 35.0. The fourth-order valence-corrected chi connectivity index (χ4v) is 7.13. The van der Waals surface area contributed by atoms with E-state index in [1.165, 1.54) is 0 Å². The van der Waals surface area contributed by atoms with Crippen molar-refractivity contribution in [3.63, 3.8) is 0 Å². The van der Waals surface area contributed by atoms with Crippen LogP contribution in [-0.2, 0) is 32.7 Å². The Labute approximate surface area is 336 Å². The molecule has 0 spiro atoms. The molecule has 12 nitrogen and oxygen atoms in total. The predicted octanol–water partition coefficient (Wildman–Crippen LogP) is 8.10. The van der Waals surface area contributed by atoms with Crippen LogP contribution in [0.4, 0.5) is 0 Å². The van der Waals surface area contributed by atoms with E-state index in [2.05, 4.69) is 62.5 Å². The molecule has 0 aromatic heterocycles. The Bertz CT molecular complexity index is 1220. The maximum atomic E-state index is 12.6. The molecule has 322 valence electrons. The minimum atomic E-state index is -4.44. The molecule has 6 N–H and O–H groups in total. The Kier molecular flexibility index (Phi) is 30.9. The maximum absolute atomic E-state index is 12.6. The van der Waals surface area contributed by atoms with Gasteiger partial charge in [-0.3, -0.25) is 18.6 Å². The highest BCUT2D eigenvalue weighted by atomic mass is 31.2. The van der Waals surface area contributed by atoms with Gasteiger partial charge in [0.05, 0.1) is 31.5 Å². The van der Waals surface area contributed by atoms with E-state index in [4.69, 9.17) is 24.3 Å². The molecule has 0 aliphatic heterocycles. The summed E-state index contributed by atoms with van der Waals surface area (Å²) in [7, 11) is -4.44. The molecule has 1 aliphatic rings. The van der Waals surface area contributed by atoms with Crippen molar-refractivity contribution >= 4 is 19.8 Å². The monoisotopic (exact) mass is 811 g/mol. The van der Waals surface area contributed by atoms with E-state index >= 15 is 0 Å². The van der Waals surface area contributed by atoms with Crippen molar-refractivity contribution in [3.05, 3.63) is 60.8 Å². The average Bonchev–Trinajstić information content (AvgIpc) is 3.44. The molecule has 0 amide bonds. The number of hydrogen-bond acceptors (Lipinski definition) is 11. The zero-order valence-electron chi connectivity index (χ0n) is 34.2. The van der Waals surface area contributed by atoms with Gasteiger partial charge in [-0.15, -0.1) is 0 Å². The van der Waals surface area contributed by atoms with Crippen LogP contribution in [0.2, 0.25) is 0 Å². The molecule has 0 aromatic carbocycles. The number of aliphatic hydroxyl groups is 3. The standard InChI is InChI=1S/C43H74NO11P/c1-3-5-7-8-9-10-11-12-13-14-15-16-17-18-24-28-43(49)55-37(35-54-56(50,51)53-32-31-44)34-52-42(48)27-23-20-19-22-26-38-39(41(47)33-40(38)46)30-29-36(45)25-21-6-4-2/h5,7,9-10,12-13,15-16,29-30,36-41,45-47H,3-4,6,8,11,14,17-28,31-35,44H2,1-2H3,(H,50,51)/b7-5-,10-9-,13-12-,16-15-,30-29+/t36-,37+,38+,39+,40-,41+/m0/s1. The highest BCUT2D eigenvalue weighted by Crippen LogP contribution is 2.43. The van der Waals surface area contributed by atoms with Gasteiger partial charge < -0.3 is 35.4 Å². The van der Waals surface area contributed by atoms with Gasteiger partial charge in [0, 0.05) is 31.7 Å². The van der Waals surface area contributed by atoms with Crippen molar-refractivity contribution in [2.75, 3.05) is 26.4 Å². The lowest BCUT2D eigenvalue weighted by atomic mass is 9.88. The van der Waals surface area contributed by atoms with Gasteiger partial charge in [-0.2, -0.15) is 0 Å². The number of aliphatic hydroxyl groups excluding tert-OH is 3. The van der Waals surface area contributed by atoms with Gasteiger partial charge in [0.25, 0.3) is 0 Å². The number of phosphoric ester groups is 1. The van der Waals surface area contributed by atoms with Crippen molar-refractivity contribution < 1.29 is 52.9 Å². The highest BCUT2D eigenvalue weighted by Gasteiger charge is 2.39. The number of phosphoric acid groups is 1. The summed E-state index contributed by atoms with van der Waals surface area (Å²) in [6, 6.07) is 0. The first-order valence-electron chi connectivity index (χ1n) is 21.0. The topological polar surface area (TPSA) is 195 Å². The lowest BCUT2D eigenvalue weighted by Crippen LogP contribution is -2.29. The molecule has 0 radical (unpaired) electrons. The summed E-state index contributed by atoms with van der Waals surface area (Å²) in [5, 5.41) is 31.3.